The van der Waals surface area contributed by atoms with Crippen LogP contribution in [0.15, 0.2) is 24.3 Å². The zero-order valence-corrected chi connectivity index (χ0v) is 12.7. The first kappa shape index (κ1) is 16.7. The van der Waals surface area contributed by atoms with Gasteiger partial charge in [0.05, 0.1) is 7.11 Å². The Morgan fingerprint density at radius 1 is 1.30 bits per heavy atom. The number of hydrogen-bond acceptors (Lipinski definition) is 3. The lowest BCUT2D eigenvalue weighted by atomic mass is 9.92. The van der Waals surface area contributed by atoms with Crippen LogP contribution >= 0.6 is 0 Å². The van der Waals surface area contributed by atoms with E-state index >= 15 is 0 Å². The minimum atomic E-state index is 0.302. The van der Waals surface area contributed by atoms with Crippen molar-refractivity contribution in [3.63, 3.8) is 0 Å². The lowest BCUT2D eigenvalue weighted by Gasteiger charge is -2.14. The Kier molecular flexibility index (Phi) is 7.97. The number of methoxy groups -OCH3 is 1. The van der Waals surface area contributed by atoms with Gasteiger partial charge in [-0.3, -0.25) is 4.79 Å². The van der Waals surface area contributed by atoms with Gasteiger partial charge in [0.2, 0.25) is 0 Å². The summed E-state index contributed by atoms with van der Waals surface area (Å²) in [7, 11) is 1.64. The first-order valence-electron chi connectivity index (χ1n) is 7.54. The summed E-state index contributed by atoms with van der Waals surface area (Å²) in [5, 5.41) is 0. The van der Waals surface area contributed by atoms with Gasteiger partial charge in [-0.15, -0.1) is 0 Å². The summed E-state index contributed by atoms with van der Waals surface area (Å²) >= 11 is 0. The molecule has 112 valence electrons. The third-order valence-corrected chi connectivity index (χ3v) is 3.64. The maximum Gasteiger partial charge on any atom is 0.137 e. The fourth-order valence-electron chi connectivity index (χ4n) is 2.54. The van der Waals surface area contributed by atoms with Crippen LogP contribution in [0.4, 0.5) is 0 Å². The minimum Gasteiger partial charge on any atom is -0.497 e. The average Bonchev–Trinajstić information content (AvgIpc) is 2.45. The molecule has 0 aromatic heterocycles. The molecule has 0 bridgehead atoms. The van der Waals surface area contributed by atoms with Crippen LogP contribution in [0, 0.1) is 5.92 Å². The van der Waals surface area contributed by atoms with E-state index in [0.717, 1.165) is 37.1 Å². The molecule has 0 saturated carbocycles. The predicted octanol–water partition coefficient (Wildman–Crippen LogP) is 3.35. The molecule has 0 aliphatic carbocycles. The highest BCUT2D eigenvalue weighted by molar-refractivity contribution is 5.80. The highest BCUT2D eigenvalue weighted by Gasteiger charge is 2.11. The van der Waals surface area contributed by atoms with Gasteiger partial charge in [0, 0.05) is 12.8 Å². The molecule has 0 amide bonds. The van der Waals surface area contributed by atoms with Gasteiger partial charge >= 0.3 is 0 Å². The second-order valence-electron chi connectivity index (χ2n) is 5.34. The lowest BCUT2D eigenvalue weighted by molar-refractivity contribution is -0.118. The molecule has 3 heteroatoms. The fraction of sp³-hybridized carbons (Fsp3) is 0.588. The van der Waals surface area contributed by atoms with E-state index in [2.05, 4.69) is 6.92 Å². The standard InChI is InChI=1S/C17H27NO2/c1-3-5-14(10-11-18)8-9-16(19)12-15-6-4-7-17(13-15)20-2/h4,6-7,13-14H,3,5,8-12,18H2,1-2H3. The first-order valence-corrected chi connectivity index (χ1v) is 7.54. The van der Waals surface area contributed by atoms with Gasteiger partial charge < -0.3 is 10.5 Å². The van der Waals surface area contributed by atoms with Gasteiger partial charge in [-0.1, -0.05) is 31.9 Å². The molecular weight excluding hydrogens is 250 g/mol. The Bertz CT molecular complexity index is 398. The van der Waals surface area contributed by atoms with Crippen LogP contribution in [0.2, 0.25) is 0 Å². The fourth-order valence-corrected chi connectivity index (χ4v) is 2.54. The summed E-state index contributed by atoms with van der Waals surface area (Å²) in [6.07, 6.45) is 5.48. The van der Waals surface area contributed by atoms with Crippen LogP contribution in [0.5, 0.6) is 5.75 Å². The molecule has 1 rings (SSSR count). The Morgan fingerprint density at radius 3 is 2.75 bits per heavy atom. The molecule has 20 heavy (non-hydrogen) atoms. The number of ether oxygens (including phenoxy) is 1. The van der Waals surface area contributed by atoms with Gasteiger partial charge in [-0.05, 0) is 43.0 Å². The average molecular weight is 277 g/mol. The van der Waals surface area contributed by atoms with Crippen LogP contribution in [0.3, 0.4) is 0 Å². The van der Waals surface area contributed by atoms with Crippen LogP contribution < -0.4 is 10.5 Å². The van der Waals surface area contributed by atoms with E-state index in [0.29, 0.717) is 24.5 Å². The second-order valence-corrected chi connectivity index (χ2v) is 5.34. The van der Waals surface area contributed by atoms with Gasteiger partial charge in [-0.25, -0.2) is 0 Å². The second kappa shape index (κ2) is 9.54. The van der Waals surface area contributed by atoms with Gasteiger partial charge in [0.15, 0.2) is 0 Å². The molecule has 0 radical (unpaired) electrons. The summed E-state index contributed by atoms with van der Waals surface area (Å²) in [6, 6.07) is 7.73. The number of carbonyl (C=O) groups excluding carboxylic acids is 1. The van der Waals surface area contributed by atoms with Gasteiger partial charge in [-0.2, -0.15) is 0 Å². The van der Waals surface area contributed by atoms with E-state index in [4.69, 9.17) is 10.5 Å². The van der Waals surface area contributed by atoms with Crippen LogP contribution in [-0.4, -0.2) is 19.4 Å². The maximum atomic E-state index is 12.1. The number of Topliss-reactive ketones (excluding diaryl/α,β-unsaturated/α-hetero) is 1. The van der Waals surface area contributed by atoms with Crippen molar-refractivity contribution < 1.29 is 9.53 Å². The number of carbonyl (C=O) groups is 1. The Morgan fingerprint density at radius 2 is 2.10 bits per heavy atom. The Hall–Kier alpha value is -1.35. The quantitative estimate of drug-likeness (QED) is 0.713. The monoisotopic (exact) mass is 277 g/mol. The van der Waals surface area contributed by atoms with Crippen molar-refractivity contribution in [1.29, 1.82) is 0 Å². The molecular formula is C17H27NO2. The van der Waals surface area contributed by atoms with E-state index in [9.17, 15) is 4.79 Å². The normalized spacial score (nSPS) is 12.2. The predicted molar refractivity (Wildman–Crippen MR) is 83.0 cm³/mol. The van der Waals surface area contributed by atoms with Crippen molar-refractivity contribution >= 4 is 5.78 Å². The molecule has 2 N–H and O–H groups in total. The van der Waals surface area contributed by atoms with Crippen LogP contribution in [0.1, 0.15) is 44.6 Å². The molecule has 0 heterocycles. The van der Waals surface area contributed by atoms with Crippen molar-refractivity contribution in [2.24, 2.45) is 11.7 Å². The topological polar surface area (TPSA) is 52.3 Å². The van der Waals surface area contributed by atoms with Crippen molar-refractivity contribution in [3.05, 3.63) is 29.8 Å². The summed E-state index contributed by atoms with van der Waals surface area (Å²) < 4.78 is 5.17. The molecule has 1 unspecified atom stereocenters. The van der Waals surface area contributed by atoms with Crippen molar-refractivity contribution in [1.82, 2.24) is 0 Å². The summed E-state index contributed by atoms with van der Waals surface area (Å²) in [5.74, 6) is 1.71. The SMILES string of the molecule is CCCC(CCN)CCC(=O)Cc1cccc(OC)c1. The molecule has 0 spiro atoms. The number of ketones is 1. The Labute approximate surface area is 122 Å². The molecule has 3 nitrogen and oxygen atoms in total. The Balaban J connectivity index is 2.42. The number of benzene rings is 1. The zero-order valence-electron chi connectivity index (χ0n) is 12.7. The van der Waals surface area contributed by atoms with Crippen molar-refractivity contribution in [2.75, 3.05) is 13.7 Å². The van der Waals surface area contributed by atoms with Gasteiger partial charge in [0.1, 0.15) is 11.5 Å². The third-order valence-electron chi connectivity index (χ3n) is 3.64. The molecule has 0 fully saturated rings. The highest BCUT2D eigenvalue weighted by Crippen LogP contribution is 2.19. The number of rotatable bonds is 10. The van der Waals surface area contributed by atoms with E-state index in [1.807, 2.05) is 24.3 Å². The van der Waals surface area contributed by atoms with E-state index in [-0.39, 0.29) is 0 Å². The van der Waals surface area contributed by atoms with Crippen molar-refractivity contribution in [2.45, 2.75) is 45.4 Å². The molecule has 0 aliphatic heterocycles. The third kappa shape index (κ3) is 6.20. The summed E-state index contributed by atoms with van der Waals surface area (Å²) in [6.45, 7) is 2.90. The maximum absolute atomic E-state index is 12.1. The lowest BCUT2D eigenvalue weighted by Crippen LogP contribution is -2.11. The molecule has 0 saturated heterocycles. The van der Waals surface area contributed by atoms with Gasteiger partial charge in [0.25, 0.3) is 0 Å². The molecule has 1 aromatic rings. The number of nitrogens with two attached hydrogens (primary N) is 1. The molecule has 1 aromatic carbocycles. The van der Waals surface area contributed by atoms with E-state index < -0.39 is 0 Å². The van der Waals surface area contributed by atoms with Crippen LogP contribution in [-0.2, 0) is 11.2 Å². The van der Waals surface area contributed by atoms with E-state index in [1.54, 1.807) is 7.11 Å². The minimum absolute atomic E-state index is 0.302. The van der Waals surface area contributed by atoms with Crippen LogP contribution in [0.25, 0.3) is 0 Å². The molecule has 1 atom stereocenters. The van der Waals surface area contributed by atoms with Crippen molar-refractivity contribution in [3.8, 4) is 5.75 Å². The smallest absolute Gasteiger partial charge is 0.137 e. The summed E-state index contributed by atoms with van der Waals surface area (Å²) in [5.41, 5.74) is 6.65. The largest absolute Gasteiger partial charge is 0.497 e. The summed E-state index contributed by atoms with van der Waals surface area (Å²) in [4.78, 5) is 12.1. The highest BCUT2D eigenvalue weighted by atomic mass is 16.5. The molecule has 0 aliphatic rings. The number of hydrogen-bond donors (Lipinski definition) is 1. The van der Waals surface area contributed by atoms with E-state index in [1.165, 1.54) is 6.42 Å². The first-order chi connectivity index (χ1) is 9.69. The zero-order chi connectivity index (χ0) is 14.8.